The molecule has 344 valence electrons. The van der Waals surface area contributed by atoms with E-state index < -0.39 is 20.1 Å². The van der Waals surface area contributed by atoms with Crippen LogP contribution in [0.5, 0.6) is 11.8 Å². The number of ether oxygens (including phenoxy) is 10. The molecule has 3 aromatic heterocycles. The quantitative estimate of drug-likeness (QED) is 0.0554. The molecule has 5 atom stereocenters. The number of halogens is 1. The van der Waals surface area contributed by atoms with Crippen LogP contribution in [0.2, 0.25) is 30.7 Å². The number of imidazole rings is 1. The van der Waals surface area contributed by atoms with Crippen LogP contribution in [0.1, 0.15) is 36.5 Å². The van der Waals surface area contributed by atoms with Crippen molar-refractivity contribution in [3.05, 3.63) is 53.3 Å². The summed E-state index contributed by atoms with van der Waals surface area (Å²) in [6, 6.07) is 10.6. The number of esters is 1. The second-order valence-corrected chi connectivity index (χ2v) is 22.7. The Morgan fingerprint density at radius 1 is 0.937 bits per heavy atom. The molecule has 0 bridgehead atoms. The van der Waals surface area contributed by atoms with Crippen molar-refractivity contribution < 1.29 is 57.0 Å². The number of carbonyl (C=O) groups excluding carboxylic acids is 2. The number of rotatable bonds is 24. The molecule has 7 rings (SSSR count). The minimum absolute atomic E-state index is 0.105. The lowest BCUT2D eigenvalue weighted by Crippen LogP contribution is -2.38. The lowest BCUT2D eigenvalue weighted by atomic mass is 10.1. The number of carbonyl (C=O) groups is 2. The summed E-state index contributed by atoms with van der Waals surface area (Å²) in [4.78, 5) is 33.7. The standard InChI is InChI=1S/C43H59ClN6O12Si/c1-5-56-42(52)30-23-46-49(24-30)14-17-53-18-19-54-27-36(51)45-13-16-57-31-11-9-29(10-12-31)38-32(44)22-33-41(47-38)48-43(50(33)28-55-20-21-63(2,3)4)62-35-26-60-39-34(25-59-40(35)39)61-37-8-6-7-15-58-37/h9-12,22-24,34-35,37,39-40H,5-8,13-21,25-28H2,1-4H3,(H,45,51)/t34-,35-,37?,39-,40-/m1/s1. The van der Waals surface area contributed by atoms with Crippen molar-refractivity contribution in [2.75, 3.05) is 72.6 Å². The third kappa shape index (κ3) is 13.2. The second kappa shape index (κ2) is 22.6. The van der Waals surface area contributed by atoms with E-state index in [9.17, 15) is 9.59 Å². The maximum atomic E-state index is 12.2. The fraction of sp³-hybridized carbons (Fsp3) is 0.605. The molecular formula is C43H59ClN6O12Si. The summed E-state index contributed by atoms with van der Waals surface area (Å²) in [6.07, 6.45) is 4.58. The summed E-state index contributed by atoms with van der Waals surface area (Å²) < 4.78 is 62.4. The Labute approximate surface area is 373 Å². The normalized spacial score (nSPS) is 21.1. The SMILES string of the molecule is CCOC(=O)c1cnn(CCOCCOCC(=O)NCCOc2ccc(-c3nc4nc(O[C@@H]5CO[C@H]6[C@@H]5OC[C@H]6OC5CCCCO5)n(COCC[Si](C)(C)C)c4cc3Cl)cc2)c1. The third-order valence-electron chi connectivity index (χ3n) is 10.6. The third-order valence-corrected chi connectivity index (χ3v) is 12.6. The van der Waals surface area contributed by atoms with E-state index in [-0.39, 0.29) is 57.1 Å². The van der Waals surface area contributed by atoms with Crippen LogP contribution in [0, 0.1) is 0 Å². The Kier molecular flexibility index (Phi) is 16.8. The highest BCUT2D eigenvalue weighted by Gasteiger charge is 2.51. The Morgan fingerprint density at radius 3 is 2.51 bits per heavy atom. The van der Waals surface area contributed by atoms with Crippen LogP contribution < -0.4 is 14.8 Å². The van der Waals surface area contributed by atoms with E-state index in [1.807, 2.05) is 34.9 Å². The molecule has 1 amide bonds. The van der Waals surface area contributed by atoms with Crippen LogP contribution in [-0.2, 0) is 56.0 Å². The van der Waals surface area contributed by atoms with Crippen molar-refractivity contribution >= 4 is 42.7 Å². The van der Waals surface area contributed by atoms with Crippen molar-refractivity contribution in [3.63, 3.8) is 0 Å². The van der Waals surface area contributed by atoms with Gasteiger partial charge < -0.3 is 52.7 Å². The molecule has 18 nitrogen and oxygen atoms in total. The molecule has 4 aromatic rings. The monoisotopic (exact) mass is 914 g/mol. The number of hydrogen-bond acceptors (Lipinski definition) is 15. The molecule has 20 heteroatoms. The first-order valence-corrected chi connectivity index (χ1v) is 25.8. The first-order chi connectivity index (χ1) is 30.5. The van der Waals surface area contributed by atoms with Gasteiger partial charge in [-0.25, -0.2) is 9.78 Å². The molecule has 3 saturated heterocycles. The van der Waals surface area contributed by atoms with Crippen LogP contribution in [0.4, 0.5) is 0 Å². The average molecular weight is 916 g/mol. The van der Waals surface area contributed by atoms with Crippen molar-refractivity contribution in [1.82, 2.24) is 29.6 Å². The van der Waals surface area contributed by atoms with Gasteiger partial charge in [-0.2, -0.15) is 10.1 Å². The van der Waals surface area contributed by atoms with Crippen molar-refractivity contribution in [3.8, 4) is 23.0 Å². The zero-order valence-electron chi connectivity index (χ0n) is 36.5. The van der Waals surface area contributed by atoms with Crippen LogP contribution >= 0.6 is 11.6 Å². The Balaban J connectivity index is 0.873. The van der Waals surface area contributed by atoms with Crippen LogP contribution in [0.15, 0.2) is 42.7 Å². The highest BCUT2D eigenvalue weighted by molar-refractivity contribution is 6.76. The molecule has 63 heavy (non-hydrogen) atoms. The smallest absolute Gasteiger partial charge is 0.341 e. The first kappa shape index (κ1) is 46.8. The van der Waals surface area contributed by atoms with Gasteiger partial charge in [-0.15, -0.1) is 0 Å². The number of fused-ring (bicyclic) bond motifs is 2. The number of pyridine rings is 1. The topological polar surface area (TPSA) is 187 Å². The van der Waals surface area contributed by atoms with E-state index in [4.69, 9.17) is 68.9 Å². The molecule has 1 aromatic carbocycles. The average Bonchev–Trinajstić information content (AvgIpc) is 4.07. The predicted molar refractivity (Wildman–Crippen MR) is 233 cm³/mol. The molecule has 0 spiro atoms. The van der Waals surface area contributed by atoms with Crippen molar-refractivity contribution in [2.45, 2.75) is 95.9 Å². The summed E-state index contributed by atoms with van der Waals surface area (Å²) in [5.41, 5.74) is 2.86. The predicted octanol–water partition coefficient (Wildman–Crippen LogP) is 5.12. The largest absolute Gasteiger partial charge is 0.492 e. The Bertz CT molecular complexity index is 2090. The van der Waals surface area contributed by atoms with Crippen LogP contribution in [-0.4, -0.2) is 148 Å². The summed E-state index contributed by atoms with van der Waals surface area (Å²) in [5, 5.41) is 7.34. The number of hydrogen-bond donors (Lipinski definition) is 1. The van der Waals surface area contributed by atoms with Gasteiger partial charge in [0, 0.05) is 33.0 Å². The van der Waals surface area contributed by atoms with Crippen LogP contribution in [0.25, 0.3) is 22.4 Å². The maximum absolute atomic E-state index is 12.2. The highest BCUT2D eigenvalue weighted by Crippen LogP contribution is 2.36. The summed E-state index contributed by atoms with van der Waals surface area (Å²) in [5.74, 6) is -0.0586. The molecular weight excluding hydrogens is 856 g/mol. The van der Waals surface area contributed by atoms with E-state index in [1.54, 1.807) is 17.8 Å². The minimum atomic E-state index is -1.32. The van der Waals surface area contributed by atoms with Gasteiger partial charge in [-0.3, -0.25) is 14.0 Å². The molecule has 1 unspecified atom stereocenters. The first-order valence-electron chi connectivity index (χ1n) is 21.7. The molecule has 1 N–H and O–H groups in total. The number of nitrogens with zero attached hydrogens (tertiary/aromatic N) is 5. The zero-order chi connectivity index (χ0) is 44.2. The minimum Gasteiger partial charge on any atom is -0.492 e. The lowest BCUT2D eigenvalue weighted by molar-refractivity contribution is -0.202. The van der Waals surface area contributed by atoms with Gasteiger partial charge in [0.15, 0.2) is 18.0 Å². The number of amides is 1. The summed E-state index contributed by atoms with van der Waals surface area (Å²) >= 11 is 6.91. The van der Waals surface area contributed by atoms with Gasteiger partial charge >= 0.3 is 12.0 Å². The van der Waals surface area contributed by atoms with Crippen LogP contribution in [0.3, 0.4) is 0 Å². The summed E-state index contributed by atoms with van der Waals surface area (Å²) in [6.45, 7) is 13.1. The Morgan fingerprint density at radius 2 is 1.73 bits per heavy atom. The van der Waals surface area contributed by atoms with Gasteiger partial charge in [-0.05, 0) is 62.6 Å². The van der Waals surface area contributed by atoms with Crippen molar-refractivity contribution in [2.24, 2.45) is 0 Å². The summed E-state index contributed by atoms with van der Waals surface area (Å²) in [7, 11) is -1.32. The molecule has 0 radical (unpaired) electrons. The van der Waals surface area contributed by atoms with Crippen molar-refractivity contribution in [1.29, 1.82) is 0 Å². The highest BCUT2D eigenvalue weighted by atomic mass is 35.5. The maximum Gasteiger partial charge on any atom is 0.341 e. The van der Waals surface area contributed by atoms with Gasteiger partial charge in [0.05, 0.1) is 80.7 Å². The van der Waals surface area contributed by atoms with Gasteiger partial charge in [-0.1, -0.05) is 31.2 Å². The second-order valence-electron chi connectivity index (χ2n) is 16.7. The number of benzene rings is 1. The fourth-order valence-electron chi connectivity index (χ4n) is 7.22. The molecule has 0 aliphatic carbocycles. The molecule has 6 heterocycles. The molecule has 3 fully saturated rings. The molecule has 3 aliphatic rings. The number of nitrogens with one attached hydrogen (secondary N) is 1. The fourth-order valence-corrected chi connectivity index (χ4v) is 8.23. The van der Waals surface area contributed by atoms with E-state index in [0.29, 0.717) is 98.5 Å². The van der Waals surface area contributed by atoms with Gasteiger partial charge in [0.25, 0.3) is 0 Å². The van der Waals surface area contributed by atoms with Gasteiger partial charge in [0.1, 0.15) is 44.0 Å². The number of aromatic nitrogens is 5. The van der Waals surface area contributed by atoms with E-state index in [0.717, 1.165) is 30.9 Å². The zero-order valence-corrected chi connectivity index (χ0v) is 38.2. The van der Waals surface area contributed by atoms with E-state index >= 15 is 0 Å². The van der Waals surface area contributed by atoms with E-state index in [1.165, 1.54) is 6.20 Å². The van der Waals surface area contributed by atoms with E-state index in [2.05, 4.69) is 30.1 Å². The molecule has 0 saturated carbocycles. The van der Waals surface area contributed by atoms with Gasteiger partial charge in [0.2, 0.25) is 5.91 Å². The molecule has 3 aliphatic heterocycles. The Hall–Kier alpha value is -4.18. The lowest BCUT2D eigenvalue weighted by Gasteiger charge is -2.27.